The Balaban J connectivity index is 1.30. The maximum atomic E-state index is 14.0. The zero-order valence-corrected chi connectivity index (χ0v) is 17.0. The van der Waals surface area contributed by atoms with Crippen molar-refractivity contribution in [3.63, 3.8) is 0 Å². The number of carbonyl (C=O) groups excluding carboxylic acids is 1. The highest BCUT2D eigenvalue weighted by Crippen LogP contribution is 2.22. The fraction of sp³-hybridized carbons (Fsp3) is 0.292. The van der Waals surface area contributed by atoms with Gasteiger partial charge in [-0.1, -0.05) is 60.1 Å². The van der Waals surface area contributed by atoms with Gasteiger partial charge >= 0.3 is 0 Å². The molecule has 0 aromatic heterocycles. The number of piperidine rings is 1. The normalized spacial score (nSPS) is 15.5. The molecule has 150 valence electrons. The van der Waals surface area contributed by atoms with Gasteiger partial charge in [-0.15, -0.1) is 0 Å². The summed E-state index contributed by atoms with van der Waals surface area (Å²) in [6.07, 6.45) is 1.58. The number of carbonyl (C=O) groups is 1. The first-order chi connectivity index (χ1) is 14.1. The predicted molar refractivity (Wildman–Crippen MR) is 115 cm³/mol. The van der Waals surface area contributed by atoms with E-state index in [1.165, 1.54) is 16.8 Å². The molecule has 0 atom stereocenters. The van der Waals surface area contributed by atoms with Crippen LogP contribution < -0.4 is 5.32 Å². The molecule has 1 heterocycles. The average Bonchev–Trinajstić information content (AvgIpc) is 2.74. The summed E-state index contributed by atoms with van der Waals surface area (Å²) in [5, 5.41) is 5.88. The largest absolute Gasteiger partial charge is 0.352 e. The van der Waals surface area contributed by atoms with Crippen molar-refractivity contribution in [1.82, 2.24) is 10.2 Å². The summed E-state index contributed by atoms with van der Waals surface area (Å²) in [6.45, 7) is 2.66. The van der Waals surface area contributed by atoms with Crippen LogP contribution in [0.4, 0.5) is 4.39 Å². The summed E-state index contributed by atoms with van der Waals surface area (Å²) in [7, 11) is 0. The first kappa shape index (κ1) is 19.9. The molecule has 3 aromatic rings. The van der Waals surface area contributed by atoms with E-state index in [0.717, 1.165) is 31.5 Å². The van der Waals surface area contributed by atoms with Gasteiger partial charge in [0.2, 0.25) is 5.91 Å². The number of amides is 1. The Morgan fingerprint density at radius 2 is 1.79 bits per heavy atom. The average molecular weight is 411 g/mol. The van der Waals surface area contributed by atoms with Crippen LogP contribution in [-0.4, -0.2) is 23.9 Å². The molecular formula is C24H24ClFN2O. The molecule has 3 nitrogen and oxygen atoms in total. The number of halogens is 2. The molecule has 1 aliphatic rings. The van der Waals surface area contributed by atoms with Crippen molar-refractivity contribution in [2.75, 3.05) is 13.1 Å². The van der Waals surface area contributed by atoms with Crippen LogP contribution in [0.2, 0.25) is 5.02 Å². The van der Waals surface area contributed by atoms with Gasteiger partial charge in [0.25, 0.3) is 0 Å². The van der Waals surface area contributed by atoms with Gasteiger partial charge in [0.1, 0.15) is 5.82 Å². The first-order valence-electron chi connectivity index (χ1n) is 10.0. The summed E-state index contributed by atoms with van der Waals surface area (Å²) in [6, 6.07) is 19.2. The van der Waals surface area contributed by atoms with Crippen molar-refractivity contribution < 1.29 is 9.18 Å². The summed E-state index contributed by atoms with van der Waals surface area (Å²) in [5.74, 6) is -0.154. The summed E-state index contributed by atoms with van der Waals surface area (Å²) in [5.41, 5.74) is 1.78. The third-order valence-electron chi connectivity index (χ3n) is 5.70. The molecule has 1 N–H and O–H groups in total. The number of nitrogens with zero attached hydrogens (tertiary/aromatic N) is 1. The van der Waals surface area contributed by atoms with Gasteiger partial charge in [0, 0.05) is 29.6 Å². The maximum Gasteiger partial charge on any atom is 0.223 e. The topological polar surface area (TPSA) is 32.3 Å². The monoisotopic (exact) mass is 410 g/mol. The molecule has 0 saturated carbocycles. The maximum absolute atomic E-state index is 14.0. The molecule has 4 rings (SSSR count). The fourth-order valence-corrected chi connectivity index (χ4v) is 4.18. The lowest BCUT2D eigenvalue weighted by Crippen LogP contribution is -2.40. The van der Waals surface area contributed by atoms with Crippen molar-refractivity contribution in [2.24, 2.45) is 5.92 Å². The van der Waals surface area contributed by atoms with E-state index in [0.29, 0.717) is 23.7 Å². The number of hydrogen-bond donors (Lipinski definition) is 1. The summed E-state index contributed by atoms with van der Waals surface area (Å²) in [4.78, 5) is 14.9. The molecule has 0 radical (unpaired) electrons. The third-order valence-corrected chi connectivity index (χ3v) is 5.94. The van der Waals surface area contributed by atoms with Crippen LogP contribution in [0.1, 0.15) is 24.0 Å². The molecule has 1 amide bonds. The van der Waals surface area contributed by atoms with Crippen molar-refractivity contribution >= 4 is 28.3 Å². The second-order valence-corrected chi connectivity index (χ2v) is 8.08. The van der Waals surface area contributed by atoms with Gasteiger partial charge in [-0.05, 0) is 54.4 Å². The molecule has 1 aliphatic heterocycles. The first-order valence-corrected chi connectivity index (χ1v) is 10.4. The lowest BCUT2D eigenvalue weighted by atomic mass is 9.95. The molecule has 1 saturated heterocycles. The van der Waals surface area contributed by atoms with Crippen LogP contribution in [0.3, 0.4) is 0 Å². The SMILES string of the molecule is O=C(NCc1cccc2ccccc12)C1CCN(Cc2ccc(Cl)cc2F)CC1. The molecule has 0 spiro atoms. The Hall–Kier alpha value is -2.43. The number of fused-ring (bicyclic) bond motifs is 1. The third kappa shape index (κ3) is 4.77. The van der Waals surface area contributed by atoms with Crippen LogP contribution in [0.15, 0.2) is 60.7 Å². The van der Waals surface area contributed by atoms with Crippen LogP contribution in [0.25, 0.3) is 10.8 Å². The highest BCUT2D eigenvalue weighted by Gasteiger charge is 2.25. The van der Waals surface area contributed by atoms with Gasteiger partial charge in [0.15, 0.2) is 0 Å². The Kier molecular flexibility index (Phi) is 6.12. The lowest BCUT2D eigenvalue weighted by molar-refractivity contribution is -0.126. The summed E-state index contributed by atoms with van der Waals surface area (Å²) < 4.78 is 14.0. The highest BCUT2D eigenvalue weighted by molar-refractivity contribution is 6.30. The zero-order chi connectivity index (χ0) is 20.2. The molecule has 1 fully saturated rings. The number of nitrogens with one attached hydrogen (secondary N) is 1. The van der Waals surface area contributed by atoms with Crippen molar-refractivity contribution in [3.05, 3.63) is 82.6 Å². The van der Waals surface area contributed by atoms with Gasteiger partial charge in [0.05, 0.1) is 0 Å². The van der Waals surface area contributed by atoms with E-state index in [2.05, 4.69) is 34.5 Å². The van der Waals surface area contributed by atoms with Crippen molar-refractivity contribution in [2.45, 2.75) is 25.9 Å². The molecule has 0 bridgehead atoms. The molecule has 0 unspecified atom stereocenters. The highest BCUT2D eigenvalue weighted by atomic mass is 35.5. The molecule has 5 heteroatoms. The number of hydrogen-bond acceptors (Lipinski definition) is 2. The van der Waals surface area contributed by atoms with E-state index < -0.39 is 0 Å². The smallest absolute Gasteiger partial charge is 0.223 e. The van der Waals surface area contributed by atoms with Crippen molar-refractivity contribution in [1.29, 1.82) is 0 Å². The lowest BCUT2D eigenvalue weighted by Gasteiger charge is -2.31. The van der Waals surface area contributed by atoms with Gasteiger partial charge in [-0.2, -0.15) is 0 Å². The van der Waals surface area contributed by atoms with Gasteiger partial charge < -0.3 is 5.32 Å². The standard InChI is InChI=1S/C24H24ClFN2O/c25-21-9-8-20(23(26)14-21)16-28-12-10-18(11-13-28)24(29)27-15-19-6-3-5-17-4-1-2-7-22(17)19/h1-9,14,18H,10-13,15-16H2,(H,27,29). The minimum Gasteiger partial charge on any atom is -0.352 e. The van der Waals surface area contributed by atoms with Crippen LogP contribution in [-0.2, 0) is 17.9 Å². The quantitative estimate of drug-likeness (QED) is 0.630. The Labute approximate surface area is 175 Å². The van der Waals surface area contributed by atoms with E-state index in [4.69, 9.17) is 11.6 Å². The second kappa shape index (κ2) is 8.93. The molecule has 29 heavy (non-hydrogen) atoms. The molecule has 0 aliphatic carbocycles. The molecular weight excluding hydrogens is 387 g/mol. The van der Waals surface area contributed by atoms with Crippen LogP contribution >= 0.6 is 11.6 Å². The van der Waals surface area contributed by atoms with Gasteiger partial charge in [-0.25, -0.2) is 4.39 Å². The van der Waals surface area contributed by atoms with Crippen LogP contribution in [0, 0.1) is 11.7 Å². The van der Waals surface area contributed by atoms with Gasteiger partial charge in [-0.3, -0.25) is 9.69 Å². The number of benzene rings is 3. The zero-order valence-electron chi connectivity index (χ0n) is 16.2. The van der Waals surface area contributed by atoms with E-state index in [1.54, 1.807) is 12.1 Å². The Morgan fingerprint density at radius 1 is 1.03 bits per heavy atom. The van der Waals surface area contributed by atoms with E-state index in [-0.39, 0.29) is 17.6 Å². The van der Waals surface area contributed by atoms with Crippen LogP contribution in [0.5, 0.6) is 0 Å². The minimum absolute atomic E-state index is 0.0105. The van der Waals surface area contributed by atoms with E-state index >= 15 is 0 Å². The van der Waals surface area contributed by atoms with E-state index in [1.807, 2.05) is 18.2 Å². The van der Waals surface area contributed by atoms with E-state index in [9.17, 15) is 9.18 Å². The fourth-order valence-electron chi connectivity index (χ4n) is 4.02. The minimum atomic E-state index is -0.271. The number of likely N-dealkylation sites (tertiary alicyclic amines) is 1. The summed E-state index contributed by atoms with van der Waals surface area (Å²) >= 11 is 5.82. The predicted octanol–water partition coefficient (Wildman–Crippen LogP) is 5.16. The van der Waals surface area contributed by atoms with Crippen molar-refractivity contribution in [3.8, 4) is 0 Å². The number of rotatable bonds is 5. The second-order valence-electron chi connectivity index (χ2n) is 7.64. The Morgan fingerprint density at radius 3 is 2.59 bits per heavy atom. The Bertz CT molecular complexity index is 1010. The molecule has 3 aromatic carbocycles.